The Morgan fingerprint density at radius 1 is 1.18 bits per heavy atom. The van der Waals surface area contributed by atoms with Gasteiger partial charge in [-0.1, -0.05) is 37.3 Å². The second kappa shape index (κ2) is 7.82. The third-order valence-corrected chi connectivity index (χ3v) is 4.68. The standard InChI is InChI=1S/C21H20N4O2S/c1-3-17-16(14-9-5-8-12-19(14)27-17)13-22-25-20(23-24-21(25)28)15-10-6-7-11-18(15)26-4-2/h5-13H,3-4H2,1-2H3,(H,24,28)/b22-13-. The molecule has 0 saturated heterocycles. The van der Waals surface area contributed by atoms with E-state index >= 15 is 0 Å². The lowest BCUT2D eigenvalue weighted by molar-refractivity contribution is 0.341. The highest BCUT2D eigenvalue weighted by Gasteiger charge is 2.15. The number of para-hydroxylation sites is 2. The molecule has 2 aromatic heterocycles. The Morgan fingerprint density at radius 2 is 1.96 bits per heavy atom. The number of rotatable bonds is 6. The summed E-state index contributed by atoms with van der Waals surface area (Å²) in [5, 5.41) is 12.8. The van der Waals surface area contributed by atoms with Crippen molar-refractivity contribution in [1.29, 1.82) is 0 Å². The van der Waals surface area contributed by atoms with Gasteiger partial charge in [-0.25, -0.2) is 5.10 Å². The number of aryl methyl sites for hydroxylation is 1. The Kier molecular flexibility index (Phi) is 5.08. The molecule has 2 aromatic carbocycles. The van der Waals surface area contributed by atoms with E-state index in [1.54, 1.807) is 10.9 Å². The smallest absolute Gasteiger partial charge is 0.216 e. The Balaban J connectivity index is 1.81. The largest absolute Gasteiger partial charge is 0.493 e. The molecule has 0 fully saturated rings. The van der Waals surface area contributed by atoms with Crippen LogP contribution in [0.25, 0.3) is 22.4 Å². The van der Waals surface area contributed by atoms with Crippen molar-refractivity contribution in [3.63, 3.8) is 0 Å². The van der Waals surface area contributed by atoms with E-state index in [9.17, 15) is 0 Å². The van der Waals surface area contributed by atoms with Gasteiger partial charge in [0.2, 0.25) is 4.77 Å². The van der Waals surface area contributed by atoms with Gasteiger partial charge in [-0.05, 0) is 37.3 Å². The van der Waals surface area contributed by atoms with Crippen molar-refractivity contribution < 1.29 is 9.15 Å². The molecule has 0 amide bonds. The zero-order valence-electron chi connectivity index (χ0n) is 15.7. The molecule has 0 atom stereocenters. The monoisotopic (exact) mass is 392 g/mol. The van der Waals surface area contributed by atoms with E-state index in [-0.39, 0.29) is 0 Å². The van der Waals surface area contributed by atoms with Crippen LogP contribution in [0.4, 0.5) is 0 Å². The van der Waals surface area contributed by atoms with Crippen LogP contribution in [0.5, 0.6) is 5.75 Å². The summed E-state index contributed by atoms with van der Waals surface area (Å²) in [6.07, 6.45) is 2.55. The lowest BCUT2D eigenvalue weighted by atomic mass is 10.1. The van der Waals surface area contributed by atoms with Crippen LogP contribution < -0.4 is 4.74 Å². The van der Waals surface area contributed by atoms with Crippen LogP contribution in [0.2, 0.25) is 0 Å². The van der Waals surface area contributed by atoms with Gasteiger partial charge >= 0.3 is 0 Å². The van der Waals surface area contributed by atoms with Crippen molar-refractivity contribution in [2.24, 2.45) is 5.10 Å². The highest BCUT2D eigenvalue weighted by atomic mass is 32.1. The molecule has 7 heteroatoms. The summed E-state index contributed by atoms with van der Waals surface area (Å²) in [4.78, 5) is 0. The number of nitrogens with zero attached hydrogens (tertiary/aromatic N) is 3. The van der Waals surface area contributed by atoms with E-state index in [2.05, 4.69) is 22.2 Å². The third-order valence-electron chi connectivity index (χ3n) is 4.41. The summed E-state index contributed by atoms with van der Waals surface area (Å²) in [6.45, 7) is 4.57. The summed E-state index contributed by atoms with van der Waals surface area (Å²) >= 11 is 5.40. The molecule has 0 saturated carbocycles. The average molecular weight is 392 g/mol. The van der Waals surface area contributed by atoms with Gasteiger partial charge < -0.3 is 9.15 Å². The summed E-state index contributed by atoms with van der Waals surface area (Å²) in [6, 6.07) is 15.6. The van der Waals surface area contributed by atoms with Crippen LogP contribution in [0, 0.1) is 4.77 Å². The molecule has 0 aliphatic carbocycles. The van der Waals surface area contributed by atoms with E-state index in [1.807, 2.05) is 55.5 Å². The van der Waals surface area contributed by atoms with Crippen LogP contribution >= 0.6 is 12.2 Å². The Hall–Kier alpha value is -3.19. The number of aromatic amines is 1. The molecule has 0 radical (unpaired) electrons. The first kappa shape index (κ1) is 18.2. The minimum absolute atomic E-state index is 0.406. The first-order chi connectivity index (χ1) is 13.7. The predicted molar refractivity (Wildman–Crippen MR) is 113 cm³/mol. The van der Waals surface area contributed by atoms with Gasteiger partial charge in [0.15, 0.2) is 5.82 Å². The van der Waals surface area contributed by atoms with Crippen LogP contribution in [0.1, 0.15) is 25.2 Å². The second-order valence-electron chi connectivity index (χ2n) is 6.13. The van der Waals surface area contributed by atoms with Gasteiger partial charge in [-0.3, -0.25) is 0 Å². The second-order valence-corrected chi connectivity index (χ2v) is 6.51. The third kappa shape index (κ3) is 3.25. The number of aromatic nitrogens is 3. The van der Waals surface area contributed by atoms with E-state index in [0.717, 1.165) is 40.0 Å². The maximum atomic E-state index is 5.94. The lowest BCUT2D eigenvalue weighted by Crippen LogP contribution is -1.99. The number of hydrogen-bond donors (Lipinski definition) is 1. The normalized spacial score (nSPS) is 11.5. The Morgan fingerprint density at radius 3 is 2.79 bits per heavy atom. The molecule has 2 heterocycles. The maximum absolute atomic E-state index is 5.94. The van der Waals surface area contributed by atoms with Gasteiger partial charge in [0.05, 0.1) is 18.4 Å². The van der Waals surface area contributed by atoms with Gasteiger partial charge in [-0.2, -0.15) is 14.9 Å². The molecule has 4 rings (SSSR count). The molecule has 0 aliphatic rings. The van der Waals surface area contributed by atoms with Crippen LogP contribution in [-0.4, -0.2) is 27.7 Å². The fourth-order valence-corrected chi connectivity index (χ4v) is 3.32. The van der Waals surface area contributed by atoms with Crippen molar-refractivity contribution in [2.75, 3.05) is 6.61 Å². The Labute approximate surface area is 167 Å². The molecule has 4 aromatic rings. The highest BCUT2D eigenvalue weighted by Crippen LogP contribution is 2.29. The number of hydrogen-bond acceptors (Lipinski definition) is 5. The van der Waals surface area contributed by atoms with Gasteiger partial charge in [0.1, 0.15) is 17.1 Å². The van der Waals surface area contributed by atoms with E-state index in [1.165, 1.54) is 0 Å². The summed E-state index contributed by atoms with van der Waals surface area (Å²) < 4.78 is 13.7. The molecule has 0 spiro atoms. The van der Waals surface area contributed by atoms with Crippen molar-refractivity contribution in [3.8, 4) is 17.1 Å². The van der Waals surface area contributed by atoms with E-state index in [0.29, 0.717) is 17.2 Å². The summed E-state index contributed by atoms with van der Waals surface area (Å²) in [5.74, 6) is 2.21. The first-order valence-electron chi connectivity index (χ1n) is 9.17. The first-order valence-corrected chi connectivity index (χ1v) is 9.58. The SMILES string of the molecule is CCOc1ccccc1-c1n[nH]c(=S)n1/N=C\c1c(CC)oc2ccccc12. The molecule has 0 bridgehead atoms. The molecule has 0 aliphatic heterocycles. The Bertz CT molecular complexity index is 1200. The zero-order chi connectivity index (χ0) is 19.5. The maximum Gasteiger partial charge on any atom is 0.216 e. The predicted octanol–water partition coefficient (Wildman–Crippen LogP) is 5.20. The summed E-state index contributed by atoms with van der Waals surface area (Å²) in [7, 11) is 0. The van der Waals surface area contributed by atoms with E-state index < -0.39 is 0 Å². The molecule has 142 valence electrons. The molecule has 6 nitrogen and oxygen atoms in total. The molecule has 0 unspecified atom stereocenters. The van der Waals surface area contributed by atoms with Gasteiger partial charge in [-0.15, -0.1) is 0 Å². The summed E-state index contributed by atoms with van der Waals surface area (Å²) in [5.41, 5.74) is 2.62. The average Bonchev–Trinajstić information content (AvgIpc) is 3.27. The van der Waals surface area contributed by atoms with Crippen molar-refractivity contribution >= 4 is 29.4 Å². The number of benzene rings is 2. The number of furan rings is 1. The van der Waals surface area contributed by atoms with Gasteiger partial charge in [0.25, 0.3) is 0 Å². The fraction of sp³-hybridized carbons (Fsp3) is 0.190. The topological polar surface area (TPSA) is 68.3 Å². The zero-order valence-corrected chi connectivity index (χ0v) is 16.5. The van der Waals surface area contributed by atoms with Crippen molar-refractivity contribution in [3.05, 3.63) is 64.6 Å². The van der Waals surface area contributed by atoms with Crippen molar-refractivity contribution in [2.45, 2.75) is 20.3 Å². The van der Waals surface area contributed by atoms with Crippen LogP contribution in [0.15, 0.2) is 58.0 Å². The molecule has 28 heavy (non-hydrogen) atoms. The van der Waals surface area contributed by atoms with Crippen LogP contribution in [0.3, 0.4) is 0 Å². The number of H-pyrrole nitrogens is 1. The van der Waals surface area contributed by atoms with Crippen LogP contribution in [-0.2, 0) is 6.42 Å². The van der Waals surface area contributed by atoms with Crippen molar-refractivity contribution in [1.82, 2.24) is 14.9 Å². The van der Waals surface area contributed by atoms with E-state index in [4.69, 9.17) is 21.4 Å². The highest BCUT2D eigenvalue weighted by molar-refractivity contribution is 7.71. The van der Waals surface area contributed by atoms with Gasteiger partial charge in [0, 0.05) is 17.4 Å². The molecular formula is C21H20N4O2S. The lowest BCUT2D eigenvalue weighted by Gasteiger charge is -2.08. The fourth-order valence-electron chi connectivity index (χ4n) is 3.14. The molecular weight excluding hydrogens is 372 g/mol. The minimum atomic E-state index is 0.406. The number of ether oxygens (including phenoxy) is 1. The molecule has 1 N–H and O–H groups in total. The minimum Gasteiger partial charge on any atom is -0.493 e. The number of nitrogens with one attached hydrogen (secondary N) is 1. The quantitative estimate of drug-likeness (QED) is 0.362. The number of fused-ring (bicyclic) bond motifs is 1.